The van der Waals surface area contributed by atoms with Crippen LogP contribution in [-0.2, 0) is 32.7 Å². The molecule has 0 fully saturated rings. The number of likely N-dealkylation sites (N-methyl/N-ethyl adjacent to an activating group) is 1. The van der Waals surface area contributed by atoms with Crippen LogP contribution in [-0.4, -0.2) is 70.0 Å². The van der Waals surface area contributed by atoms with E-state index in [9.17, 15) is 19.0 Å². The molecule has 0 amide bonds. The molecule has 0 aromatic carbocycles. The zero-order valence-electron chi connectivity index (χ0n) is 52.8. The van der Waals surface area contributed by atoms with Crippen molar-refractivity contribution in [2.75, 3.05) is 47.5 Å². The first-order valence-corrected chi connectivity index (χ1v) is 34.8. The monoisotopic (exact) mass is 1140 g/mol. The van der Waals surface area contributed by atoms with Gasteiger partial charge in [-0.1, -0.05) is 285 Å². The molecule has 80 heavy (non-hydrogen) atoms. The van der Waals surface area contributed by atoms with Crippen molar-refractivity contribution in [3.63, 3.8) is 0 Å². The lowest BCUT2D eigenvalue weighted by molar-refractivity contribution is -0.870. The SMILES string of the molecule is CC/C=C\C/C=C\C/C=C\C/C=C\CCCCCCCCCCCCCCCCCCCCCCCCCCCCC(=O)OC(COC(=O)CCCCCCCCC/C=C\C/C=C\C/C=C\CC)COP(=O)([O-])OCC[N+](C)(C)C. The standard InChI is InChI=1S/C70H126NO8P/c1-6-8-10-12-14-16-18-20-22-24-25-26-27-28-29-30-31-32-33-34-35-36-37-38-39-40-41-42-43-44-45-47-49-51-53-55-57-59-61-63-70(73)79-68(67-78-80(74,75)77-65-64-71(3,4)5)66-76-69(72)62-60-58-56-54-52-50-48-46-23-21-19-17-15-13-11-9-7-2/h8-11,14-17,20-23,25-26,68H,6-7,12-13,18-19,24,27-67H2,1-5H3/b10-8-,11-9-,16-14-,17-15-,22-20-,23-21-,26-25-. The Morgan fingerprint density at radius 2 is 0.675 bits per heavy atom. The van der Waals surface area contributed by atoms with Crippen molar-refractivity contribution in [2.24, 2.45) is 0 Å². The van der Waals surface area contributed by atoms with Crippen LogP contribution in [0.25, 0.3) is 0 Å². The summed E-state index contributed by atoms with van der Waals surface area (Å²) in [6.07, 6.45) is 82.5. The van der Waals surface area contributed by atoms with E-state index in [0.717, 1.165) is 96.3 Å². The van der Waals surface area contributed by atoms with Crippen molar-refractivity contribution in [3.05, 3.63) is 85.1 Å². The Labute approximate surface area is 494 Å². The molecule has 2 unspecified atom stereocenters. The van der Waals surface area contributed by atoms with Gasteiger partial charge in [0, 0.05) is 12.8 Å². The van der Waals surface area contributed by atoms with Gasteiger partial charge in [0.2, 0.25) is 0 Å². The molecule has 0 aromatic heterocycles. The Morgan fingerprint density at radius 3 is 1.00 bits per heavy atom. The fourth-order valence-corrected chi connectivity index (χ4v) is 10.1. The molecule has 0 spiro atoms. The first-order chi connectivity index (χ1) is 39.0. The number of rotatable bonds is 61. The number of phosphoric ester groups is 1. The van der Waals surface area contributed by atoms with E-state index < -0.39 is 26.5 Å². The Hall–Kier alpha value is -2.81. The molecule has 0 aliphatic rings. The Bertz CT molecular complexity index is 1630. The van der Waals surface area contributed by atoms with Gasteiger partial charge >= 0.3 is 11.9 Å². The van der Waals surface area contributed by atoms with Crippen molar-refractivity contribution in [2.45, 2.75) is 302 Å². The first-order valence-electron chi connectivity index (χ1n) is 33.3. The van der Waals surface area contributed by atoms with Gasteiger partial charge in [-0.2, -0.15) is 0 Å². The van der Waals surface area contributed by atoms with Gasteiger partial charge in [-0.15, -0.1) is 0 Å². The number of esters is 2. The molecular weight excluding hydrogens is 1010 g/mol. The summed E-state index contributed by atoms with van der Waals surface area (Å²) in [5.41, 5.74) is 0. The highest BCUT2D eigenvalue weighted by Gasteiger charge is 2.22. The Balaban J connectivity index is 3.92. The van der Waals surface area contributed by atoms with Crippen molar-refractivity contribution in [1.82, 2.24) is 0 Å². The number of quaternary nitrogens is 1. The summed E-state index contributed by atoms with van der Waals surface area (Å²) in [7, 11) is 1.16. The second kappa shape index (κ2) is 60.8. The minimum atomic E-state index is -4.64. The van der Waals surface area contributed by atoms with Gasteiger partial charge in [-0.05, 0) is 83.5 Å². The lowest BCUT2D eigenvalue weighted by atomic mass is 10.0. The maximum absolute atomic E-state index is 12.8. The molecule has 0 aliphatic heterocycles. The Kier molecular flexibility index (Phi) is 58.6. The summed E-state index contributed by atoms with van der Waals surface area (Å²) in [6, 6.07) is 0. The number of unbranched alkanes of at least 4 members (excludes halogenated alkanes) is 33. The van der Waals surface area contributed by atoms with Crippen LogP contribution in [0.15, 0.2) is 85.1 Å². The topological polar surface area (TPSA) is 111 Å². The van der Waals surface area contributed by atoms with Crippen molar-refractivity contribution in [1.29, 1.82) is 0 Å². The smallest absolute Gasteiger partial charge is 0.306 e. The van der Waals surface area contributed by atoms with Gasteiger partial charge in [0.05, 0.1) is 27.7 Å². The second-order valence-corrected chi connectivity index (χ2v) is 24.8. The van der Waals surface area contributed by atoms with Gasteiger partial charge in [0.1, 0.15) is 19.8 Å². The number of ether oxygens (including phenoxy) is 2. The van der Waals surface area contributed by atoms with Crippen LogP contribution < -0.4 is 4.89 Å². The normalized spacial score (nSPS) is 13.7. The van der Waals surface area contributed by atoms with Gasteiger partial charge in [0.25, 0.3) is 7.82 Å². The largest absolute Gasteiger partial charge is 0.756 e. The van der Waals surface area contributed by atoms with Gasteiger partial charge < -0.3 is 27.9 Å². The van der Waals surface area contributed by atoms with E-state index in [1.165, 1.54) is 167 Å². The maximum Gasteiger partial charge on any atom is 0.306 e. The highest BCUT2D eigenvalue weighted by Crippen LogP contribution is 2.38. The van der Waals surface area contributed by atoms with Crippen LogP contribution >= 0.6 is 7.82 Å². The lowest BCUT2D eigenvalue weighted by Crippen LogP contribution is -2.37. The summed E-state index contributed by atoms with van der Waals surface area (Å²) in [5, 5.41) is 0. The summed E-state index contributed by atoms with van der Waals surface area (Å²) in [6.45, 7) is 4.03. The number of phosphoric acid groups is 1. The maximum atomic E-state index is 12.8. The molecule has 0 rings (SSSR count). The average Bonchev–Trinajstić information content (AvgIpc) is 3.42. The predicted octanol–water partition coefficient (Wildman–Crippen LogP) is 20.7. The minimum absolute atomic E-state index is 0.0334. The van der Waals surface area contributed by atoms with E-state index in [-0.39, 0.29) is 32.0 Å². The Morgan fingerprint density at radius 1 is 0.388 bits per heavy atom. The molecule has 0 heterocycles. The van der Waals surface area contributed by atoms with Gasteiger partial charge in [-0.25, -0.2) is 0 Å². The fraction of sp³-hybridized carbons (Fsp3) is 0.771. The van der Waals surface area contributed by atoms with Gasteiger partial charge in [-0.3, -0.25) is 14.2 Å². The van der Waals surface area contributed by atoms with E-state index in [2.05, 4.69) is 98.9 Å². The lowest BCUT2D eigenvalue weighted by Gasteiger charge is -2.28. The molecule has 2 atom stereocenters. The molecule has 0 N–H and O–H groups in total. The molecule has 0 saturated carbocycles. The van der Waals surface area contributed by atoms with E-state index in [0.29, 0.717) is 17.4 Å². The van der Waals surface area contributed by atoms with E-state index in [4.69, 9.17) is 18.5 Å². The van der Waals surface area contributed by atoms with Crippen LogP contribution in [0.1, 0.15) is 296 Å². The van der Waals surface area contributed by atoms with Crippen molar-refractivity contribution in [3.8, 4) is 0 Å². The van der Waals surface area contributed by atoms with Crippen LogP contribution in [0.5, 0.6) is 0 Å². The third-order valence-electron chi connectivity index (χ3n) is 14.4. The molecular formula is C70H126NO8P. The van der Waals surface area contributed by atoms with E-state index in [1.807, 2.05) is 21.1 Å². The zero-order chi connectivity index (χ0) is 58.4. The van der Waals surface area contributed by atoms with E-state index in [1.54, 1.807) is 0 Å². The highest BCUT2D eigenvalue weighted by molar-refractivity contribution is 7.45. The minimum Gasteiger partial charge on any atom is -0.756 e. The molecule has 10 heteroatoms. The molecule has 0 aromatic rings. The van der Waals surface area contributed by atoms with E-state index >= 15 is 0 Å². The third kappa shape index (κ3) is 64.4. The number of carbonyl (C=O) groups is 2. The summed E-state index contributed by atoms with van der Waals surface area (Å²) in [5.74, 6) is -0.836. The summed E-state index contributed by atoms with van der Waals surface area (Å²) >= 11 is 0. The van der Waals surface area contributed by atoms with Crippen LogP contribution in [0, 0.1) is 0 Å². The molecule has 0 bridgehead atoms. The average molecular weight is 1140 g/mol. The third-order valence-corrected chi connectivity index (χ3v) is 15.4. The molecule has 0 saturated heterocycles. The quantitative estimate of drug-likeness (QED) is 0.0195. The van der Waals surface area contributed by atoms with Crippen LogP contribution in [0.3, 0.4) is 0 Å². The number of nitrogens with zero attached hydrogens (tertiary/aromatic N) is 1. The number of hydrogen-bond acceptors (Lipinski definition) is 8. The van der Waals surface area contributed by atoms with Gasteiger partial charge in [0.15, 0.2) is 6.10 Å². The highest BCUT2D eigenvalue weighted by atomic mass is 31.2. The molecule has 464 valence electrons. The molecule has 9 nitrogen and oxygen atoms in total. The summed E-state index contributed by atoms with van der Waals surface area (Å²) in [4.78, 5) is 37.9. The molecule has 0 aliphatic carbocycles. The summed E-state index contributed by atoms with van der Waals surface area (Å²) < 4.78 is 34.2. The zero-order valence-corrected chi connectivity index (χ0v) is 53.7. The number of allylic oxidation sites excluding steroid dienone is 14. The van der Waals surface area contributed by atoms with Crippen molar-refractivity contribution >= 4 is 19.8 Å². The fourth-order valence-electron chi connectivity index (χ4n) is 9.37. The molecule has 0 radical (unpaired) electrons. The van der Waals surface area contributed by atoms with Crippen LogP contribution in [0.2, 0.25) is 0 Å². The number of hydrogen-bond donors (Lipinski definition) is 0. The van der Waals surface area contributed by atoms with Crippen LogP contribution in [0.4, 0.5) is 0 Å². The number of carbonyl (C=O) groups excluding carboxylic acids is 2. The predicted molar refractivity (Wildman–Crippen MR) is 342 cm³/mol. The second-order valence-electron chi connectivity index (χ2n) is 23.4. The van der Waals surface area contributed by atoms with Crippen molar-refractivity contribution < 1.29 is 42.1 Å². The first kappa shape index (κ1) is 77.2.